The number of piperidine rings is 1. The van der Waals surface area contributed by atoms with Crippen LogP contribution in [0.1, 0.15) is 63.5 Å². The van der Waals surface area contributed by atoms with E-state index in [2.05, 4.69) is 43.1 Å². The molecule has 2 heteroatoms. The van der Waals surface area contributed by atoms with Gasteiger partial charge >= 0.3 is 0 Å². The van der Waals surface area contributed by atoms with E-state index in [1.807, 2.05) is 0 Å². The molecule has 0 aromatic heterocycles. The summed E-state index contributed by atoms with van der Waals surface area (Å²) in [7, 11) is 0. The number of fused-ring (bicyclic) bond motifs is 1. The van der Waals surface area contributed by atoms with E-state index in [9.17, 15) is 0 Å². The summed E-state index contributed by atoms with van der Waals surface area (Å²) >= 11 is 0. The highest BCUT2D eigenvalue weighted by Crippen LogP contribution is 2.26. The molecular weight excluding hydrogens is 244 g/mol. The minimum atomic E-state index is 0.585. The van der Waals surface area contributed by atoms with Crippen LogP contribution in [0.4, 0.5) is 0 Å². The number of aryl methyl sites for hydroxylation is 1. The van der Waals surface area contributed by atoms with Gasteiger partial charge in [0.25, 0.3) is 0 Å². The van der Waals surface area contributed by atoms with Crippen molar-refractivity contribution in [3.63, 3.8) is 0 Å². The van der Waals surface area contributed by atoms with Crippen LogP contribution in [0.5, 0.6) is 0 Å². The van der Waals surface area contributed by atoms with E-state index in [-0.39, 0.29) is 0 Å². The summed E-state index contributed by atoms with van der Waals surface area (Å²) in [4.78, 5) is 0. The molecule has 2 aliphatic rings. The number of nitrogens with zero attached hydrogens (tertiary/aromatic N) is 2. The number of hydrogen-bond donors (Lipinski definition) is 0. The van der Waals surface area contributed by atoms with Crippen LogP contribution in [-0.2, 0) is 6.42 Å². The average Bonchev–Trinajstić information content (AvgIpc) is 2.66. The Balaban J connectivity index is 1.94. The monoisotopic (exact) mass is 270 g/mol. The standard InChI is InChI=1S/C18H26N2/c1-14-8-7-9-15(2)20(14)19-18-13-6-4-11-16-10-3-5-12-17(16)18/h3,5,10,12,14-15H,4,6-9,11,13H2,1-2H3. The third-order valence-corrected chi connectivity index (χ3v) is 4.82. The summed E-state index contributed by atoms with van der Waals surface area (Å²) in [5.41, 5.74) is 4.20. The van der Waals surface area contributed by atoms with Crippen LogP contribution in [0.2, 0.25) is 0 Å². The SMILES string of the molecule is CC1CCCC(C)N1N=C1CCCCc2ccccc21. The van der Waals surface area contributed by atoms with Crippen molar-refractivity contribution >= 4 is 5.71 Å². The zero-order valence-electron chi connectivity index (χ0n) is 12.8. The molecule has 0 spiro atoms. The smallest absolute Gasteiger partial charge is 0.0680 e. The fourth-order valence-electron chi connectivity index (χ4n) is 3.61. The number of benzene rings is 1. The summed E-state index contributed by atoms with van der Waals surface area (Å²) in [5, 5.41) is 7.48. The normalized spacial score (nSPS) is 29.1. The molecule has 1 aromatic carbocycles. The first kappa shape index (κ1) is 13.7. The lowest BCUT2D eigenvalue weighted by Gasteiger charge is -2.37. The van der Waals surface area contributed by atoms with Gasteiger partial charge in [-0.3, -0.25) is 5.01 Å². The minimum Gasteiger partial charge on any atom is -0.291 e. The molecule has 0 saturated carbocycles. The summed E-state index contributed by atoms with van der Waals surface area (Å²) in [6.45, 7) is 4.64. The van der Waals surface area contributed by atoms with E-state index in [0.717, 1.165) is 6.42 Å². The number of hydrazone groups is 1. The Kier molecular flexibility index (Phi) is 4.09. The first-order valence-electron chi connectivity index (χ1n) is 8.20. The summed E-state index contributed by atoms with van der Waals surface area (Å²) in [6, 6.07) is 10.0. The van der Waals surface area contributed by atoms with Gasteiger partial charge in [-0.25, -0.2) is 0 Å². The van der Waals surface area contributed by atoms with E-state index in [4.69, 9.17) is 5.10 Å². The van der Waals surface area contributed by atoms with Crippen molar-refractivity contribution in [3.05, 3.63) is 35.4 Å². The van der Waals surface area contributed by atoms with Crippen LogP contribution in [0.3, 0.4) is 0 Å². The van der Waals surface area contributed by atoms with E-state index in [1.165, 1.54) is 55.4 Å². The van der Waals surface area contributed by atoms with Gasteiger partial charge in [-0.05, 0) is 64.4 Å². The maximum absolute atomic E-state index is 5.11. The van der Waals surface area contributed by atoms with E-state index in [1.54, 1.807) is 0 Å². The zero-order chi connectivity index (χ0) is 13.9. The fourth-order valence-corrected chi connectivity index (χ4v) is 3.61. The molecule has 0 bridgehead atoms. The molecular formula is C18H26N2. The summed E-state index contributed by atoms with van der Waals surface area (Å²) < 4.78 is 0. The van der Waals surface area contributed by atoms with E-state index in [0.29, 0.717) is 12.1 Å². The lowest BCUT2D eigenvalue weighted by Crippen LogP contribution is -2.40. The molecule has 1 saturated heterocycles. The molecule has 2 atom stereocenters. The highest BCUT2D eigenvalue weighted by atomic mass is 15.5. The molecule has 0 amide bonds. The van der Waals surface area contributed by atoms with Crippen LogP contribution in [0.15, 0.2) is 29.4 Å². The predicted octanol–water partition coefficient (Wildman–Crippen LogP) is 4.38. The van der Waals surface area contributed by atoms with Crippen molar-refractivity contribution in [2.24, 2.45) is 5.10 Å². The van der Waals surface area contributed by atoms with Crippen LogP contribution < -0.4 is 0 Å². The van der Waals surface area contributed by atoms with Gasteiger partial charge in [0.2, 0.25) is 0 Å². The molecule has 2 unspecified atom stereocenters. The van der Waals surface area contributed by atoms with Crippen molar-refractivity contribution in [3.8, 4) is 0 Å². The van der Waals surface area contributed by atoms with Crippen molar-refractivity contribution in [1.29, 1.82) is 0 Å². The predicted molar refractivity (Wildman–Crippen MR) is 85.1 cm³/mol. The van der Waals surface area contributed by atoms with Crippen LogP contribution in [-0.4, -0.2) is 22.8 Å². The van der Waals surface area contributed by atoms with Gasteiger partial charge < -0.3 is 0 Å². The van der Waals surface area contributed by atoms with Gasteiger partial charge in [0.1, 0.15) is 0 Å². The number of hydrogen-bond acceptors (Lipinski definition) is 2. The van der Waals surface area contributed by atoms with Crippen molar-refractivity contribution in [1.82, 2.24) is 5.01 Å². The average molecular weight is 270 g/mol. The highest BCUT2D eigenvalue weighted by Gasteiger charge is 2.24. The Labute approximate surface area is 122 Å². The quantitative estimate of drug-likeness (QED) is 0.691. The molecule has 0 radical (unpaired) electrons. The maximum atomic E-state index is 5.11. The second-order valence-electron chi connectivity index (χ2n) is 6.42. The van der Waals surface area contributed by atoms with Crippen molar-refractivity contribution in [2.75, 3.05) is 0 Å². The topological polar surface area (TPSA) is 15.6 Å². The van der Waals surface area contributed by atoms with E-state index < -0.39 is 0 Å². The largest absolute Gasteiger partial charge is 0.291 e. The second-order valence-corrected chi connectivity index (χ2v) is 6.42. The lowest BCUT2D eigenvalue weighted by atomic mass is 9.99. The summed E-state index contributed by atoms with van der Waals surface area (Å²) in [6.07, 6.45) is 8.81. The highest BCUT2D eigenvalue weighted by molar-refractivity contribution is 6.02. The van der Waals surface area contributed by atoms with Gasteiger partial charge in [0.05, 0.1) is 5.71 Å². The minimum absolute atomic E-state index is 0.585. The zero-order valence-corrected chi connectivity index (χ0v) is 12.8. The second kappa shape index (κ2) is 5.99. The van der Waals surface area contributed by atoms with Crippen LogP contribution in [0.25, 0.3) is 0 Å². The Morgan fingerprint density at radius 1 is 0.950 bits per heavy atom. The van der Waals surface area contributed by atoms with Gasteiger partial charge in [-0.2, -0.15) is 5.10 Å². The Bertz CT molecular complexity index is 482. The van der Waals surface area contributed by atoms with Crippen molar-refractivity contribution < 1.29 is 0 Å². The van der Waals surface area contributed by atoms with Gasteiger partial charge in [-0.1, -0.05) is 24.3 Å². The Morgan fingerprint density at radius 3 is 2.45 bits per heavy atom. The molecule has 1 aliphatic heterocycles. The van der Waals surface area contributed by atoms with Crippen molar-refractivity contribution in [2.45, 2.75) is 70.9 Å². The number of rotatable bonds is 1. The molecule has 0 N–H and O–H groups in total. The summed E-state index contributed by atoms with van der Waals surface area (Å²) in [5.74, 6) is 0. The first-order valence-corrected chi connectivity index (χ1v) is 8.20. The molecule has 20 heavy (non-hydrogen) atoms. The molecule has 1 fully saturated rings. The first-order chi connectivity index (χ1) is 9.75. The molecule has 1 aliphatic carbocycles. The third kappa shape index (κ3) is 2.74. The molecule has 1 heterocycles. The fraction of sp³-hybridized carbons (Fsp3) is 0.611. The van der Waals surface area contributed by atoms with Gasteiger partial charge in [-0.15, -0.1) is 0 Å². The Morgan fingerprint density at radius 2 is 1.65 bits per heavy atom. The van der Waals surface area contributed by atoms with Gasteiger partial charge in [0.15, 0.2) is 0 Å². The molecule has 3 rings (SSSR count). The molecule has 2 nitrogen and oxygen atoms in total. The third-order valence-electron chi connectivity index (χ3n) is 4.82. The molecule has 108 valence electrons. The van der Waals surface area contributed by atoms with Crippen LogP contribution >= 0.6 is 0 Å². The van der Waals surface area contributed by atoms with Crippen LogP contribution in [0, 0.1) is 0 Å². The lowest BCUT2D eigenvalue weighted by molar-refractivity contribution is 0.108. The molecule has 1 aromatic rings. The van der Waals surface area contributed by atoms with E-state index >= 15 is 0 Å². The van der Waals surface area contributed by atoms with Gasteiger partial charge in [0, 0.05) is 17.6 Å². The Hall–Kier alpha value is -1.31. The maximum Gasteiger partial charge on any atom is 0.0680 e.